The van der Waals surface area contributed by atoms with Gasteiger partial charge in [0.05, 0.1) is 34.3 Å². The molecule has 2 aromatic heterocycles. The van der Waals surface area contributed by atoms with E-state index in [0.717, 1.165) is 80.7 Å². The molecule has 3 N–H and O–H groups in total. The highest BCUT2D eigenvalue weighted by Gasteiger charge is 2.31. The van der Waals surface area contributed by atoms with Crippen molar-refractivity contribution < 1.29 is 27.6 Å². The first-order valence-corrected chi connectivity index (χ1v) is 22.6. The number of H-pyrrole nitrogens is 1. The summed E-state index contributed by atoms with van der Waals surface area (Å²) in [7, 11) is -2.61. The van der Waals surface area contributed by atoms with Crippen LogP contribution in [0, 0.1) is 15.5 Å². The van der Waals surface area contributed by atoms with Crippen molar-refractivity contribution in [2.24, 2.45) is 5.41 Å². The fourth-order valence-electron chi connectivity index (χ4n) is 8.41. The van der Waals surface area contributed by atoms with Gasteiger partial charge >= 0.3 is 0 Å². The number of nitrogens with one attached hydrogen (secondary N) is 3. The number of ether oxygens (including phenoxy) is 2. The highest BCUT2D eigenvalue weighted by molar-refractivity contribution is 7.90. The fraction of sp³-hybridized carbons (Fsp3) is 0.378. The molecule has 4 heterocycles. The molecule has 17 heteroatoms. The second-order valence-corrected chi connectivity index (χ2v) is 19.2. The minimum absolute atomic E-state index is 0.0442. The second kappa shape index (κ2) is 18.1. The Kier molecular flexibility index (Phi) is 12.6. The highest BCUT2D eigenvalue weighted by atomic mass is 35.5. The van der Waals surface area contributed by atoms with Gasteiger partial charge in [-0.2, -0.15) is 0 Å². The summed E-state index contributed by atoms with van der Waals surface area (Å²) in [4.78, 5) is 39.2. The maximum Gasteiger partial charge on any atom is 0.293 e. The zero-order valence-electron chi connectivity index (χ0n) is 35.0. The first kappa shape index (κ1) is 43.1. The molecule has 2 saturated heterocycles. The molecule has 0 radical (unpaired) electrons. The van der Waals surface area contributed by atoms with Gasteiger partial charge in [-0.3, -0.25) is 19.8 Å². The number of carbonyl (C=O) groups excluding carboxylic acids is 1. The number of likely N-dealkylation sites (N-methyl/N-ethyl adjacent to an activating group) is 1. The van der Waals surface area contributed by atoms with Gasteiger partial charge in [0.25, 0.3) is 21.6 Å². The summed E-state index contributed by atoms with van der Waals surface area (Å²) in [5.41, 5.74) is 5.43. The molecule has 8 rings (SSSR count). The molecule has 62 heavy (non-hydrogen) atoms. The van der Waals surface area contributed by atoms with Crippen LogP contribution in [0.15, 0.2) is 95.7 Å². The van der Waals surface area contributed by atoms with Crippen LogP contribution in [-0.2, 0) is 14.8 Å². The van der Waals surface area contributed by atoms with Gasteiger partial charge in [0, 0.05) is 86.8 Å². The normalized spacial score (nSPS) is 18.8. The molecule has 0 spiro atoms. The Morgan fingerprint density at radius 3 is 2.60 bits per heavy atom. The van der Waals surface area contributed by atoms with E-state index in [9.17, 15) is 23.3 Å². The van der Waals surface area contributed by atoms with E-state index in [0.29, 0.717) is 24.5 Å². The lowest BCUT2D eigenvalue weighted by molar-refractivity contribution is -0.384. The molecular formula is C45H51ClN8O7S. The van der Waals surface area contributed by atoms with Crippen LogP contribution in [0.4, 0.5) is 17.1 Å². The first-order chi connectivity index (χ1) is 29.7. The van der Waals surface area contributed by atoms with E-state index in [4.69, 9.17) is 21.1 Å². The van der Waals surface area contributed by atoms with Crippen LogP contribution >= 0.6 is 11.6 Å². The Morgan fingerprint density at radius 2 is 1.84 bits per heavy atom. The monoisotopic (exact) mass is 882 g/mol. The lowest BCUT2D eigenvalue weighted by Crippen LogP contribution is -2.47. The number of hydrogen-bond acceptors (Lipinski definition) is 12. The lowest BCUT2D eigenvalue weighted by Gasteiger charge is -2.39. The predicted octanol–water partition coefficient (Wildman–Crippen LogP) is 7.56. The van der Waals surface area contributed by atoms with Crippen LogP contribution in [0.2, 0.25) is 5.02 Å². The lowest BCUT2D eigenvalue weighted by atomic mass is 9.72. The number of piperazine rings is 1. The van der Waals surface area contributed by atoms with Gasteiger partial charge in [-0.25, -0.2) is 18.1 Å². The summed E-state index contributed by atoms with van der Waals surface area (Å²) in [6.07, 6.45) is 6.27. The van der Waals surface area contributed by atoms with E-state index >= 15 is 0 Å². The molecule has 1 atom stereocenters. The molecule has 1 amide bonds. The number of rotatable bonds is 13. The number of anilines is 2. The number of sulfonamides is 1. The van der Waals surface area contributed by atoms with Crippen molar-refractivity contribution >= 4 is 61.2 Å². The van der Waals surface area contributed by atoms with Crippen molar-refractivity contribution in [3.8, 4) is 11.5 Å². The van der Waals surface area contributed by atoms with Crippen LogP contribution in [0.3, 0.4) is 0 Å². The van der Waals surface area contributed by atoms with Gasteiger partial charge in [-0.15, -0.1) is 0 Å². The largest absolute Gasteiger partial charge is 0.455 e. The third-order valence-corrected chi connectivity index (χ3v) is 13.5. The van der Waals surface area contributed by atoms with Crippen molar-refractivity contribution in [2.75, 3.05) is 76.2 Å². The number of fused-ring (bicyclic) bond motifs is 1. The van der Waals surface area contributed by atoms with Crippen molar-refractivity contribution in [3.63, 3.8) is 0 Å². The topological polar surface area (TPSA) is 175 Å². The molecule has 1 aliphatic carbocycles. The Hall–Kier alpha value is -5.52. The Balaban J connectivity index is 1.00. The number of nitro benzene ring substituents is 1. The van der Waals surface area contributed by atoms with Crippen molar-refractivity contribution in [2.45, 2.75) is 44.1 Å². The Labute approximate surface area is 366 Å². The number of benzene rings is 3. The summed E-state index contributed by atoms with van der Waals surface area (Å²) >= 11 is 6.24. The average molecular weight is 883 g/mol. The standard InChI is InChI=1S/C45H51ClN8O7S/c1-45(2)14-12-32(39(25-45)30-4-6-33(46)7-5-30)28-52-16-18-53(19-17-52)34-8-10-38(42(23-34)61-35-22-31-13-15-47-43(31)49-26-35)44(55)50-62(58,59)37-9-11-40(41(24-37)54(56)57)48-27-36-29-51(3)20-21-60-36/h4-11,13,15,22-24,26,36,48H,12,14,16-21,25,27-29H2,1-3H3,(H,47,49)(H,50,55). The zero-order valence-corrected chi connectivity index (χ0v) is 36.6. The Bertz CT molecular complexity index is 2610. The number of aromatic nitrogens is 2. The number of morpholine rings is 1. The molecular weight excluding hydrogens is 832 g/mol. The number of halogens is 1. The predicted molar refractivity (Wildman–Crippen MR) is 241 cm³/mol. The minimum atomic E-state index is -4.57. The van der Waals surface area contributed by atoms with Crippen LogP contribution in [0.1, 0.15) is 49.0 Å². The molecule has 5 aromatic rings. The first-order valence-electron chi connectivity index (χ1n) is 20.8. The summed E-state index contributed by atoms with van der Waals surface area (Å²) in [6, 6.07) is 20.3. The van der Waals surface area contributed by atoms with Gasteiger partial charge in [-0.05, 0) is 91.4 Å². The van der Waals surface area contributed by atoms with Crippen LogP contribution in [0.5, 0.6) is 11.5 Å². The molecule has 1 unspecified atom stereocenters. The maximum absolute atomic E-state index is 13.9. The molecule has 2 aliphatic heterocycles. The van der Waals surface area contributed by atoms with E-state index in [1.54, 1.807) is 24.4 Å². The van der Waals surface area contributed by atoms with Gasteiger partial charge in [-0.1, -0.05) is 43.2 Å². The van der Waals surface area contributed by atoms with E-state index in [2.05, 4.69) is 60.7 Å². The summed E-state index contributed by atoms with van der Waals surface area (Å²) < 4.78 is 41.6. The number of hydrogen-bond donors (Lipinski definition) is 3. The van der Waals surface area contributed by atoms with Gasteiger partial charge in [0.1, 0.15) is 22.8 Å². The number of aromatic amines is 1. The number of carbonyl (C=O) groups is 1. The second-order valence-electron chi connectivity index (χ2n) is 17.1. The summed E-state index contributed by atoms with van der Waals surface area (Å²) in [6.45, 7) is 10.9. The number of nitrogens with zero attached hydrogens (tertiary/aromatic N) is 5. The molecule has 3 aliphatic rings. The van der Waals surface area contributed by atoms with Gasteiger partial charge in [0.2, 0.25) is 0 Å². The zero-order chi connectivity index (χ0) is 43.6. The van der Waals surface area contributed by atoms with E-state index in [-0.39, 0.29) is 35.1 Å². The number of nitro groups is 1. The van der Waals surface area contributed by atoms with Crippen LogP contribution in [0.25, 0.3) is 16.6 Å². The summed E-state index contributed by atoms with van der Waals surface area (Å²) in [5, 5.41) is 16.6. The maximum atomic E-state index is 13.9. The molecule has 326 valence electrons. The van der Waals surface area contributed by atoms with E-state index in [1.807, 2.05) is 25.2 Å². The minimum Gasteiger partial charge on any atom is -0.455 e. The molecule has 0 saturated carbocycles. The van der Waals surface area contributed by atoms with Crippen LogP contribution in [-0.4, -0.2) is 111 Å². The molecule has 2 fully saturated rings. The van der Waals surface area contributed by atoms with Crippen LogP contribution < -0.4 is 19.7 Å². The quantitative estimate of drug-likeness (QED) is 0.0783. The average Bonchev–Trinajstić information content (AvgIpc) is 3.72. The van der Waals surface area contributed by atoms with E-state index in [1.165, 1.54) is 41.1 Å². The van der Waals surface area contributed by atoms with Crippen molar-refractivity contribution in [3.05, 3.63) is 117 Å². The van der Waals surface area contributed by atoms with Crippen molar-refractivity contribution in [1.29, 1.82) is 0 Å². The van der Waals surface area contributed by atoms with Gasteiger partial charge in [0.15, 0.2) is 0 Å². The molecule has 15 nitrogen and oxygen atoms in total. The number of amides is 1. The SMILES string of the molecule is CN1CCOC(CNc2ccc(S(=O)(=O)NC(=O)c3ccc(N4CCN(CC5=C(c6ccc(Cl)cc6)CC(C)(C)CC5)CC4)cc3Oc3cnc4[nH]ccc4c3)cc2[N+](=O)[O-])C1. The van der Waals surface area contributed by atoms with Gasteiger partial charge < -0.3 is 29.6 Å². The smallest absolute Gasteiger partial charge is 0.293 e. The highest BCUT2D eigenvalue weighted by Crippen LogP contribution is 2.43. The van der Waals surface area contributed by atoms with E-state index < -0.39 is 31.4 Å². The molecule has 0 bridgehead atoms. The molecule has 3 aromatic carbocycles. The number of pyridine rings is 1. The third kappa shape index (κ3) is 10.1. The van der Waals surface area contributed by atoms with Crippen molar-refractivity contribution in [1.82, 2.24) is 24.5 Å². The number of allylic oxidation sites excluding steroid dienone is 1. The third-order valence-electron chi connectivity index (χ3n) is 11.9. The fourth-order valence-corrected chi connectivity index (χ4v) is 9.52. The Morgan fingerprint density at radius 1 is 1.05 bits per heavy atom. The summed E-state index contributed by atoms with van der Waals surface area (Å²) in [5.74, 6) is -0.491.